The molecule has 0 unspecified atom stereocenters. The van der Waals surface area contributed by atoms with Crippen LogP contribution in [-0.4, -0.2) is 72.2 Å². The van der Waals surface area contributed by atoms with E-state index >= 15 is 0 Å². The van der Waals surface area contributed by atoms with Crippen molar-refractivity contribution in [3.05, 3.63) is 41.5 Å². The van der Waals surface area contributed by atoms with Crippen LogP contribution in [0.2, 0.25) is 0 Å². The van der Waals surface area contributed by atoms with Gasteiger partial charge >= 0.3 is 0 Å². The van der Waals surface area contributed by atoms with Gasteiger partial charge in [-0.25, -0.2) is 13.4 Å². The first kappa shape index (κ1) is 21.6. The molecule has 30 heavy (non-hydrogen) atoms. The van der Waals surface area contributed by atoms with Gasteiger partial charge < -0.3 is 4.90 Å². The molecule has 3 aliphatic heterocycles. The third-order valence-electron chi connectivity index (χ3n) is 6.21. The molecule has 1 aromatic carbocycles. The second-order valence-electron chi connectivity index (χ2n) is 8.41. The summed E-state index contributed by atoms with van der Waals surface area (Å²) in [6.45, 7) is 5.21. The lowest BCUT2D eigenvalue weighted by molar-refractivity contribution is 0.0696. The number of sulfone groups is 1. The molecule has 162 valence electrons. The Kier molecular flexibility index (Phi) is 6.36. The molecule has 1 amide bonds. The highest BCUT2D eigenvalue weighted by Gasteiger charge is 2.33. The standard InChI is InChI=1S/C22H29N3O3S2/c1-16-5-3-12-24(16)15-19-6-4-13-25(19)21(26)18-9-7-17(8-10-18)20-11-14-29-22(23-20)30(2,27)28/h7-11,16,19H,3-6,12-15H2,1-2H3/t16-,19+/m1/s1. The molecule has 1 aromatic rings. The summed E-state index contributed by atoms with van der Waals surface area (Å²) in [4.78, 5) is 22.0. The highest BCUT2D eigenvalue weighted by atomic mass is 32.3. The fourth-order valence-corrected chi connectivity index (χ4v) is 6.39. The van der Waals surface area contributed by atoms with Crippen molar-refractivity contribution in [3.8, 4) is 0 Å². The average Bonchev–Trinajstić information content (AvgIpc) is 3.36. The van der Waals surface area contributed by atoms with Crippen molar-refractivity contribution in [1.29, 1.82) is 0 Å². The van der Waals surface area contributed by atoms with Crippen molar-refractivity contribution >= 4 is 37.6 Å². The second-order valence-corrected chi connectivity index (χ2v) is 11.6. The Balaban J connectivity index is 1.46. The first-order chi connectivity index (χ1) is 14.3. The molecule has 0 spiro atoms. The number of carbonyl (C=O) groups is 1. The summed E-state index contributed by atoms with van der Waals surface area (Å²) < 4.78 is 23.7. The lowest BCUT2D eigenvalue weighted by Gasteiger charge is -2.30. The number of benzene rings is 1. The molecule has 3 heterocycles. The van der Waals surface area contributed by atoms with Crippen LogP contribution in [0.15, 0.2) is 35.3 Å². The van der Waals surface area contributed by atoms with E-state index in [1.54, 1.807) is 0 Å². The Morgan fingerprint density at radius 2 is 1.90 bits per heavy atom. The average molecular weight is 448 g/mol. The summed E-state index contributed by atoms with van der Waals surface area (Å²) in [5.74, 6) is 0.663. The Labute approximate surface area is 183 Å². The minimum Gasteiger partial charge on any atom is -0.334 e. The first-order valence-corrected chi connectivity index (χ1v) is 13.5. The third kappa shape index (κ3) is 4.65. The molecule has 3 aliphatic rings. The molecule has 2 atom stereocenters. The number of rotatable bonds is 4. The molecule has 0 aliphatic carbocycles. The lowest BCUT2D eigenvalue weighted by atomic mass is 10.1. The number of hydrogen-bond acceptors (Lipinski definition) is 6. The predicted molar refractivity (Wildman–Crippen MR) is 123 cm³/mol. The molecule has 0 saturated carbocycles. The van der Waals surface area contributed by atoms with Crippen LogP contribution in [0, 0.1) is 0 Å². The summed E-state index contributed by atoms with van der Waals surface area (Å²) in [6, 6.07) is 8.31. The Bertz CT molecular complexity index is 970. The quantitative estimate of drug-likeness (QED) is 0.709. The smallest absolute Gasteiger partial charge is 0.254 e. The number of likely N-dealkylation sites (tertiary alicyclic amines) is 2. The van der Waals surface area contributed by atoms with Gasteiger partial charge in [0.2, 0.25) is 0 Å². The highest BCUT2D eigenvalue weighted by Crippen LogP contribution is 2.28. The van der Waals surface area contributed by atoms with Gasteiger partial charge in [0, 0.05) is 42.7 Å². The van der Waals surface area contributed by atoms with Gasteiger partial charge in [-0.3, -0.25) is 9.69 Å². The molecule has 2 saturated heterocycles. The van der Waals surface area contributed by atoms with Crippen molar-refractivity contribution < 1.29 is 13.2 Å². The van der Waals surface area contributed by atoms with E-state index in [2.05, 4.69) is 16.8 Å². The summed E-state index contributed by atoms with van der Waals surface area (Å²) in [5, 5.41) is 0. The van der Waals surface area contributed by atoms with Crippen LogP contribution in [0.5, 0.6) is 0 Å². The van der Waals surface area contributed by atoms with Gasteiger partial charge in [0.1, 0.15) is 0 Å². The normalized spacial score (nSPS) is 25.3. The molecule has 2 fully saturated rings. The number of amides is 1. The van der Waals surface area contributed by atoms with E-state index in [4.69, 9.17) is 0 Å². The van der Waals surface area contributed by atoms with Gasteiger partial charge in [-0.2, -0.15) is 0 Å². The van der Waals surface area contributed by atoms with Crippen molar-refractivity contribution in [2.24, 2.45) is 4.99 Å². The van der Waals surface area contributed by atoms with Crippen LogP contribution in [0.3, 0.4) is 0 Å². The number of carbonyl (C=O) groups excluding carboxylic acids is 1. The van der Waals surface area contributed by atoms with Crippen LogP contribution >= 0.6 is 11.8 Å². The third-order valence-corrected chi connectivity index (χ3v) is 8.87. The van der Waals surface area contributed by atoms with Gasteiger partial charge in [-0.15, -0.1) is 0 Å². The summed E-state index contributed by atoms with van der Waals surface area (Å²) >= 11 is 1.23. The van der Waals surface area contributed by atoms with Gasteiger partial charge in [0.05, 0.1) is 5.70 Å². The minimum absolute atomic E-state index is 0.0874. The number of aliphatic imine (C=N–C) groups is 1. The van der Waals surface area contributed by atoms with Crippen LogP contribution in [0.1, 0.15) is 48.5 Å². The van der Waals surface area contributed by atoms with Crippen molar-refractivity contribution in [2.45, 2.75) is 44.7 Å². The molecule has 4 rings (SSSR count). The van der Waals surface area contributed by atoms with Crippen molar-refractivity contribution in [1.82, 2.24) is 9.80 Å². The molecule has 6 nitrogen and oxygen atoms in total. The topological polar surface area (TPSA) is 70.1 Å². The van der Waals surface area contributed by atoms with E-state index in [1.165, 1.54) is 30.9 Å². The maximum Gasteiger partial charge on any atom is 0.254 e. The van der Waals surface area contributed by atoms with E-state index in [9.17, 15) is 13.2 Å². The van der Waals surface area contributed by atoms with Crippen LogP contribution in [-0.2, 0) is 9.84 Å². The molecular weight excluding hydrogens is 418 g/mol. The lowest BCUT2D eigenvalue weighted by Crippen LogP contribution is -2.44. The van der Waals surface area contributed by atoms with Gasteiger partial charge in [0.15, 0.2) is 14.2 Å². The molecule has 0 bridgehead atoms. The van der Waals surface area contributed by atoms with Gasteiger partial charge in [-0.05, 0) is 62.9 Å². The maximum absolute atomic E-state index is 13.2. The number of hydrogen-bond donors (Lipinski definition) is 0. The Morgan fingerprint density at radius 3 is 2.57 bits per heavy atom. The molecule has 0 N–H and O–H groups in total. The Hall–Kier alpha value is -1.64. The van der Waals surface area contributed by atoms with Gasteiger partial charge in [-0.1, -0.05) is 23.9 Å². The number of thioether (sulfide) groups is 1. The molecular formula is C22H29N3O3S2. The fourth-order valence-electron chi connectivity index (χ4n) is 4.52. The summed E-state index contributed by atoms with van der Waals surface area (Å²) in [6.07, 6.45) is 7.73. The van der Waals surface area contributed by atoms with Crippen molar-refractivity contribution in [3.63, 3.8) is 0 Å². The van der Waals surface area contributed by atoms with Gasteiger partial charge in [0.25, 0.3) is 5.91 Å². The summed E-state index contributed by atoms with van der Waals surface area (Å²) in [5.41, 5.74) is 2.16. The maximum atomic E-state index is 13.2. The largest absolute Gasteiger partial charge is 0.334 e. The number of nitrogens with zero attached hydrogens (tertiary/aromatic N) is 3. The molecule has 0 aromatic heterocycles. The van der Waals surface area contributed by atoms with E-state index in [-0.39, 0.29) is 16.3 Å². The molecule has 8 heteroatoms. The van der Waals surface area contributed by atoms with E-state index in [1.807, 2.05) is 35.2 Å². The minimum atomic E-state index is -3.31. The zero-order valence-electron chi connectivity index (χ0n) is 17.6. The highest BCUT2D eigenvalue weighted by molar-refractivity contribution is 8.35. The van der Waals surface area contributed by atoms with Crippen LogP contribution < -0.4 is 0 Å². The first-order valence-electron chi connectivity index (χ1n) is 10.6. The second kappa shape index (κ2) is 8.85. The van der Waals surface area contributed by atoms with E-state index in [0.717, 1.165) is 38.0 Å². The van der Waals surface area contributed by atoms with Crippen molar-refractivity contribution in [2.75, 3.05) is 31.6 Å². The summed E-state index contributed by atoms with van der Waals surface area (Å²) in [7, 11) is -3.31. The predicted octanol–water partition coefficient (Wildman–Crippen LogP) is 3.26. The van der Waals surface area contributed by atoms with Crippen LogP contribution in [0.25, 0.3) is 5.70 Å². The van der Waals surface area contributed by atoms with Crippen LogP contribution in [0.4, 0.5) is 0 Å². The SMILES string of the molecule is C[C@@H]1CCCN1C[C@@H]1CCCN1C(=O)c1ccc(C2=CCSC(S(C)(=O)=O)=N2)cc1. The Morgan fingerprint density at radius 1 is 1.17 bits per heavy atom. The monoisotopic (exact) mass is 447 g/mol. The fraction of sp³-hybridized carbons (Fsp3) is 0.545. The zero-order valence-corrected chi connectivity index (χ0v) is 19.2. The van der Waals surface area contributed by atoms with E-state index < -0.39 is 9.84 Å². The molecule has 0 radical (unpaired) electrons. The zero-order chi connectivity index (χ0) is 21.3. The van der Waals surface area contributed by atoms with E-state index in [0.29, 0.717) is 23.1 Å².